The van der Waals surface area contributed by atoms with E-state index in [0.717, 1.165) is 0 Å². The van der Waals surface area contributed by atoms with Crippen LogP contribution in [-0.4, -0.2) is 19.5 Å². The third kappa shape index (κ3) is 2.16. The van der Waals surface area contributed by atoms with E-state index in [9.17, 15) is 4.79 Å². The lowest BCUT2D eigenvalue weighted by atomic mass is 10.4. The summed E-state index contributed by atoms with van der Waals surface area (Å²) in [5, 5.41) is 0. The summed E-state index contributed by atoms with van der Waals surface area (Å²) in [4.78, 5) is 22.8. The van der Waals surface area contributed by atoms with Crippen LogP contribution in [-0.2, 0) is 6.54 Å². The molecule has 0 bridgehead atoms. The van der Waals surface area contributed by atoms with Gasteiger partial charge in [0, 0.05) is 12.4 Å². The van der Waals surface area contributed by atoms with E-state index >= 15 is 0 Å². The molecular formula is C9H9N5O. The number of nitrogens with zero attached hydrogens (tertiary/aromatic N) is 4. The molecule has 76 valence electrons. The Balaban J connectivity index is 2.26. The molecule has 0 aliphatic heterocycles. The second-order valence-electron chi connectivity index (χ2n) is 2.96. The van der Waals surface area contributed by atoms with Gasteiger partial charge in [0.1, 0.15) is 5.82 Å². The average Bonchev–Trinajstić information content (AvgIpc) is 2.25. The second-order valence-corrected chi connectivity index (χ2v) is 2.96. The van der Waals surface area contributed by atoms with Crippen LogP contribution in [0, 0.1) is 0 Å². The minimum atomic E-state index is -0.309. The summed E-state index contributed by atoms with van der Waals surface area (Å²) in [6.45, 7) is 0.347. The zero-order valence-electron chi connectivity index (χ0n) is 7.87. The Morgan fingerprint density at radius 2 is 2.13 bits per heavy atom. The summed E-state index contributed by atoms with van der Waals surface area (Å²) in [5.74, 6) is 0.359. The highest BCUT2D eigenvalue weighted by Crippen LogP contribution is 1.97. The van der Waals surface area contributed by atoms with Gasteiger partial charge in [-0.05, 0) is 6.07 Å². The van der Waals surface area contributed by atoms with E-state index in [-0.39, 0.29) is 5.69 Å². The van der Waals surface area contributed by atoms with Gasteiger partial charge in [0.25, 0.3) is 0 Å². The van der Waals surface area contributed by atoms with Crippen LogP contribution in [0.3, 0.4) is 0 Å². The first kappa shape index (κ1) is 9.32. The molecule has 0 saturated heterocycles. The van der Waals surface area contributed by atoms with Gasteiger partial charge in [0.2, 0.25) is 0 Å². The maximum atomic E-state index is 11.3. The van der Waals surface area contributed by atoms with Crippen molar-refractivity contribution in [3.63, 3.8) is 0 Å². The first-order valence-corrected chi connectivity index (χ1v) is 4.33. The number of rotatable bonds is 2. The molecule has 0 unspecified atom stereocenters. The van der Waals surface area contributed by atoms with Crippen LogP contribution in [0.4, 0.5) is 5.82 Å². The van der Waals surface area contributed by atoms with E-state index in [4.69, 9.17) is 5.73 Å². The van der Waals surface area contributed by atoms with Gasteiger partial charge in [-0.2, -0.15) is 0 Å². The molecule has 0 saturated carbocycles. The first-order chi connectivity index (χ1) is 7.25. The van der Waals surface area contributed by atoms with Gasteiger partial charge in [-0.25, -0.2) is 14.8 Å². The van der Waals surface area contributed by atoms with Crippen LogP contribution in [0.1, 0.15) is 5.69 Å². The molecule has 2 heterocycles. The van der Waals surface area contributed by atoms with Crippen molar-refractivity contribution in [1.29, 1.82) is 0 Å². The molecule has 2 rings (SSSR count). The first-order valence-electron chi connectivity index (χ1n) is 4.33. The summed E-state index contributed by atoms with van der Waals surface area (Å²) in [5.41, 5.74) is 5.75. The molecule has 0 aliphatic rings. The van der Waals surface area contributed by atoms with Gasteiger partial charge < -0.3 is 5.73 Å². The van der Waals surface area contributed by atoms with Crippen molar-refractivity contribution in [3.05, 3.63) is 47.0 Å². The third-order valence-corrected chi connectivity index (χ3v) is 1.84. The van der Waals surface area contributed by atoms with E-state index in [2.05, 4.69) is 15.0 Å². The summed E-state index contributed by atoms with van der Waals surface area (Å²) in [6, 6.07) is 1.69. The number of aromatic nitrogens is 4. The smallest absolute Gasteiger partial charge is 0.347 e. The Morgan fingerprint density at radius 3 is 2.80 bits per heavy atom. The summed E-state index contributed by atoms with van der Waals surface area (Å²) in [7, 11) is 0. The van der Waals surface area contributed by atoms with Crippen LogP contribution >= 0.6 is 0 Å². The van der Waals surface area contributed by atoms with Crippen LogP contribution in [0.25, 0.3) is 0 Å². The van der Waals surface area contributed by atoms with E-state index in [1.54, 1.807) is 12.3 Å². The molecule has 2 aromatic heterocycles. The molecule has 15 heavy (non-hydrogen) atoms. The van der Waals surface area contributed by atoms with Crippen molar-refractivity contribution in [2.24, 2.45) is 0 Å². The van der Waals surface area contributed by atoms with Crippen molar-refractivity contribution in [2.75, 3.05) is 5.73 Å². The SMILES string of the molecule is Nc1cnc(Cn2cccnc2=O)cn1. The minimum Gasteiger partial charge on any atom is -0.382 e. The molecule has 0 radical (unpaired) electrons. The maximum Gasteiger partial charge on any atom is 0.347 e. The second kappa shape index (κ2) is 3.87. The van der Waals surface area contributed by atoms with Crippen molar-refractivity contribution in [3.8, 4) is 0 Å². The Labute approximate surface area is 85.4 Å². The minimum absolute atomic E-state index is 0.309. The molecule has 0 aliphatic carbocycles. The third-order valence-electron chi connectivity index (χ3n) is 1.84. The van der Waals surface area contributed by atoms with Gasteiger partial charge in [-0.15, -0.1) is 0 Å². The fraction of sp³-hybridized carbons (Fsp3) is 0.111. The standard InChI is InChI=1S/C9H9N5O/c10-8-5-12-7(4-13-8)6-14-3-1-2-11-9(14)15/h1-5H,6H2,(H2,10,13). The largest absolute Gasteiger partial charge is 0.382 e. The van der Waals surface area contributed by atoms with Crippen molar-refractivity contribution >= 4 is 5.82 Å². The van der Waals surface area contributed by atoms with Gasteiger partial charge in [-0.1, -0.05) is 0 Å². The highest BCUT2D eigenvalue weighted by atomic mass is 16.1. The lowest BCUT2D eigenvalue weighted by molar-refractivity contribution is 0.707. The molecule has 6 heteroatoms. The Hall–Kier alpha value is -2.24. The number of nitrogen functional groups attached to an aromatic ring is 1. The predicted molar refractivity (Wildman–Crippen MR) is 54.0 cm³/mol. The molecule has 0 atom stereocenters. The highest BCUT2D eigenvalue weighted by molar-refractivity contribution is 5.22. The number of hydrogen-bond donors (Lipinski definition) is 1. The van der Waals surface area contributed by atoms with Crippen LogP contribution in [0.5, 0.6) is 0 Å². The van der Waals surface area contributed by atoms with Gasteiger partial charge in [-0.3, -0.25) is 9.55 Å². The highest BCUT2D eigenvalue weighted by Gasteiger charge is 1.99. The van der Waals surface area contributed by atoms with Gasteiger partial charge in [0.15, 0.2) is 0 Å². The molecular weight excluding hydrogens is 194 g/mol. The lowest BCUT2D eigenvalue weighted by Crippen LogP contribution is -2.22. The van der Waals surface area contributed by atoms with Crippen LogP contribution in [0.2, 0.25) is 0 Å². The summed E-state index contributed by atoms with van der Waals surface area (Å²) >= 11 is 0. The van der Waals surface area contributed by atoms with Crippen molar-refractivity contribution < 1.29 is 0 Å². The molecule has 0 amide bonds. The number of nitrogens with two attached hydrogens (primary N) is 1. The average molecular weight is 203 g/mol. The summed E-state index contributed by atoms with van der Waals surface area (Å²) < 4.78 is 1.44. The molecule has 0 fully saturated rings. The Morgan fingerprint density at radius 1 is 1.27 bits per heavy atom. The summed E-state index contributed by atoms with van der Waals surface area (Å²) in [6.07, 6.45) is 6.09. The lowest BCUT2D eigenvalue weighted by Gasteiger charge is -2.02. The van der Waals surface area contributed by atoms with Gasteiger partial charge >= 0.3 is 5.69 Å². The van der Waals surface area contributed by atoms with E-state index < -0.39 is 0 Å². The molecule has 0 spiro atoms. The predicted octanol–water partition coefficient (Wildman–Crippen LogP) is -0.336. The van der Waals surface area contributed by atoms with Gasteiger partial charge in [0.05, 0.1) is 24.6 Å². The van der Waals surface area contributed by atoms with Crippen molar-refractivity contribution in [1.82, 2.24) is 19.5 Å². The zero-order chi connectivity index (χ0) is 10.7. The Bertz CT molecular complexity index is 504. The molecule has 2 aromatic rings. The van der Waals surface area contributed by atoms with Crippen LogP contribution < -0.4 is 11.4 Å². The molecule has 6 nitrogen and oxygen atoms in total. The fourth-order valence-electron chi connectivity index (χ4n) is 1.13. The molecule has 0 aromatic carbocycles. The quantitative estimate of drug-likeness (QED) is 0.721. The Kier molecular flexibility index (Phi) is 2.40. The number of anilines is 1. The molecule has 2 N–H and O–H groups in total. The van der Waals surface area contributed by atoms with Crippen molar-refractivity contribution in [2.45, 2.75) is 6.54 Å². The number of hydrogen-bond acceptors (Lipinski definition) is 5. The maximum absolute atomic E-state index is 11.3. The normalized spacial score (nSPS) is 10.1. The zero-order valence-corrected chi connectivity index (χ0v) is 7.87. The van der Waals surface area contributed by atoms with E-state index in [0.29, 0.717) is 18.1 Å². The van der Waals surface area contributed by atoms with Crippen LogP contribution in [0.15, 0.2) is 35.6 Å². The fourth-order valence-corrected chi connectivity index (χ4v) is 1.13. The van der Waals surface area contributed by atoms with E-state index in [1.807, 2.05) is 0 Å². The topological polar surface area (TPSA) is 86.7 Å². The van der Waals surface area contributed by atoms with E-state index in [1.165, 1.54) is 23.2 Å². The monoisotopic (exact) mass is 203 g/mol.